The third kappa shape index (κ3) is 3.43. The van der Waals surface area contributed by atoms with Crippen LogP contribution >= 0.6 is 12.4 Å². The molecule has 0 aliphatic carbocycles. The molecule has 0 radical (unpaired) electrons. The van der Waals surface area contributed by atoms with E-state index in [1.807, 2.05) is 26.0 Å². The quantitative estimate of drug-likeness (QED) is 0.690. The Hall–Kier alpha value is -2.42. The number of rotatable bonds is 4. The molecule has 7 nitrogen and oxygen atoms in total. The number of primary amides is 1. The molecule has 27 heavy (non-hydrogen) atoms. The first-order chi connectivity index (χ1) is 12.2. The maximum atomic E-state index is 12.2. The van der Waals surface area contributed by atoms with E-state index in [1.165, 1.54) is 13.1 Å². The molecular weight excluding hydrogens is 388 g/mol. The van der Waals surface area contributed by atoms with E-state index in [0.29, 0.717) is 11.1 Å². The van der Waals surface area contributed by atoms with Gasteiger partial charge in [0.2, 0.25) is 10.0 Å². The summed E-state index contributed by atoms with van der Waals surface area (Å²) in [4.78, 5) is 16.3. The zero-order chi connectivity index (χ0) is 19.2. The minimum atomic E-state index is -3.57. The van der Waals surface area contributed by atoms with Gasteiger partial charge in [-0.3, -0.25) is 4.79 Å². The highest BCUT2D eigenvalue weighted by Gasteiger charge is 2.20. The smallest absolute Gasteiger partial charge is 0.284 e. The van der Waals surface area contributed by atoms with Crippen LogP contribution in [0.3, 0.4) is 0 Å². The molecule has 1 amide bonds. The lowest BCUT2D eigenvalue weighted by Gasteiger charge is -2.12. The normalized spacial score (nSPS) is 11.4. The number of aromatic nitrogens is 2. The number of benzene rings is 2. The molecule has 1 heterocycles. The molecule has 0 unspecified atom stereocenters. The van der Waals surface area contributed by atoms with Crippen LogP contribution in [0.5, 0.6) is 0 Å². The highest BCUT2D eigenvalue weighted by molar-refractivity contribution is 7.89. The Kier molecular flexibility index (Phi) is 5.65. The number of nitrogens with two attached hydrogens (primary N) is 1. The largest absolute Gasteiger partial charge is 0.363 e. The first-order valence-corrected chi connectivity index (χ1v) is 9.46. The second-order valence-corrected chi connectivity index (χ2v) is 8.04. The van der Waals surface area contributed by atoms with E-state index in [0.717, 1.165) is 22.2 Å². The molecule has 0 aliphatic heterocycles. The molecule has 3 rings (SSSR count). The summed E-state index contributed by atoms with van der Waals surface area (Å²) in [7, 11) is -0.468. The van der Waals surface area contributed by atoms with Crippen LogP contribution in [0.15, 0.2) is 35.2 Å². The van der Waals surface area contributed by atoms with Crippen LogP contribution in [0.1, 0.15) is 21.7 Å². The molecule has 3 N–H and O–H groups in total. The number of carbonyl (C=O) groups excluding carboxylic acids is 1. The number of halogens is 1. The maximum absolute atomic E-state index is 12.2. The lowest BCUT2D eigenvalue weighted by Crippen LogP contribution is -2.18. The highest BCUT2D eigenvalue weighted by atomic mass is 35.5. The van der Waals surface area contributed by atoms with E-state index in [1.54, 1.807) is 23.7 Å². The second-order valence-electron chi connectivity index (χ2n) is 6.16. The van der Waals surface area contributed by atoms with Crippen LogP contribution in [-0.2, 0) is 17.1 Å². The van der Waals surface area contributed by atoms with E-state index in [-0.39, 0.29) is 23.1 Å². The van der Waals surface area contributed by atoms with Gasteiger partial charge in [0.15, 0.2) is 5.82 Å². The lowest BCUT2D eigenvalue weighted by atomic mass is 9.95. The average molecular weight is 409 g/mol. The summed E-state index contributed by atoms with van der Waals surface area (Å²) in [6.07, 6.45) is 0. The third-order valence-corrected chi connectivity index (χ3v) is 6.03. The Bertz CT molecular complexity index is 1150. The number of sulfonamides is 1. The van der Waals surface area contributed by atoms with Gasteiger partial charge >= 0.3 is 0 Å². The summed E-state index contributed by atoms with van der Waals surface area (Å²) in [6, 6.07) is 8.60. The molecule has 0 atom stereocenters. The zero-order valence-electron chi connectivity index (χ0n) is 15.4. The predicted molar refractivity (Wildman–Crippen MR) is 108 cm³/mol. The summed E-state index contributed by atoms with van der Waals surface area (Å²) in [6.45, 7) is 3.91. The van der Waals surface area contributed by atoms with Crippen molar-refractivity contribution in [2.75, 3.05) is 7.05 Å². The van der Waals surface area contributed by atoms with E-state index >= 15 is 0 Å². The first-order valence-electron chi connectivity index (χ1n) is 7.97. The van der Waals surface area contributed by atoms with Crippen molar-refractivity contribution >= 4 is 39.4 Å². The van der Waals surface area contributed by atoms with Crippen molar-refractivity contribution in [3.8, 4) is 11.1 Å². The Balaban J connectivity index is 0.00000261. The number of amides is 1. The van der Waals surface area contributed by atoms with Gasteiger partial charge in [-0.25, -0.2) is 18.1 Å². The molecular formula is C18H21ClN4O3S. The van der Waals surface area contributed by atoms with Crippen molar-refractivity contribution in [3.05, 3.63) is 47.3 Å². The van der Waals surface area contributed by atoms with E-state index < -0.39 is 15.9 Å². The Labute approximate surface area is 164 Å². The van der Waals surface area contributed by atoms with Gasteiger partial charge < -0.3 is 10.3 Å². The molecule has 144 valence electrons. The Morgan fingerprint density at radius 2 is 1.89 bits per heavy atom. The molecule has 9 heteroatoms. The van der Waals surface area contributed by atoms with Gasteiger partial charge in [0.05, 0.1) is 15.9 Å². The fraction of sp³-hybridized carbons (Fsp3) is 0.222. The van der Waals surface area contributed by atoms with Crippen molar-refractivity contribution in [1.29, 1.82) is 0 Å². The SMILES string of the molecule is CNS(=O)(=O)c1cccc(-c2c(C)c(C)cc3c2nc(C(N)=O)n3C)c1.Cl. The molecule has 3 aromatic rings. The van der Waals surface area contributed by atoms with Gasteiger partial charge in [-0.05, 0) is 55.8 Å². The minimum Gasteiger partial charge on any atom is -0.363 e. The van der Waals surface area contributed by atoms with Crippen LogP contribution < -0.4 is 10.5 Å². The summed E-state index contributed by atoms with van der Waals surface area (Å²) in [5, 5.41) is 0. The fourth-order valence-electron chi connectivity index (χ4n) is 3.06. The molecule has 2 aromatic carbocycles. The van der Waals surface area contributed by atoms with Crippen LogP contribution in [0, 0.1) is 13.8 Å². The topological polar surface area (TPSA) is 107 Å². The summed E-state index contributed by atoms with van der Waals surface area (Å²) in [5.41, 5.74) is 10.3. The Morgan fingerprint density at radius 1 is 1.22 bits per heavy atom. The van der Waals surface area contributed by atoms with Crippen molar-refractivity contribution < 1.29 is 13.2 Å². The van der Waals surface area contributed by atoms with Crippen molar-refractivity contribution in [2.24, 2.45) is 12.8 Å². The third-order valence-electron chi connectivity index (χ3n) is 4.62. The molecule has 1 aromatic heterocycles. The number of hydrogen-bond donors (Lipinski definition) is 2. The first kappa shape index (κ1) is 20.9. The highest BCUT2D eigenvalue weighted by Crippen LogP contribution is 2.34. The van der Waals surface area contributed by atoms with Crippen molar-refractivity contribution in [2.45, 2.75) is 18.7 Å². The number of imidazole rings is 1. The van der Waals surface area contributed by atoms with Crippen LogP contribution in [0.2, 0.25) is 0 Å². The summed E-state index contributed by atoms with van der Waals surface area (Å²) < 4.78 is 28.3. The number of hydrogen-bond acceptors (Lipinski definition) is 4. The van der Waals surface area contributed by atoms with Crippen LogP contribution in [0.4, 0.5) is 0 Å². The fourth-order valence-corrected chi connectivity index (χ4v) is 3.83. The van der Waals surface area contributed by atoms with Crippen LogP contribution in [-0.4, -0.2) is 30.9 Å². The predicted octanol–water partition coefficient (Wildman–Crippen LogP) is 2.29. The van der Waals surface area contributed by atoms with Gasteiger partial charge in [-0.15, -0.1) is 12.4 Å². The monoisotopic (exact) mass is 408 g/mol. The number of aryl methyl sites for hydroxylation is 2. The number of fused-ring (bicyclic) bond motifs is 1. The van der Waals surface area contributed by atoms with E-state index in [4.69, 9.17) is 5.73 Å². The van der Waals surface area contributed by atoms with E-state index in [2.05, 4.69) is 9.71 Å². The number of nitrogens with zero attached hydrogens (tertiary/aromatic N) is 2. The van der Waals surface area contributed by atoms with Gasteiger partial charge in [-0.1, -0.05) is 12.1 Å². The zero-order valence-corrected chi connectivity index (χ0v) is 17.0. The van der Waals surface area contributed by atoms with Gasteiger partial charge in [0.25, 0.3) is 5.91 Å². The summed E-state index contributed by atoms with van der Waals surface area (Å²) >= 11 is 0. The maximum Gasteiger partial charge on any atom is 0.284 e. The van der Waals surface area contributed by atoms with Crippen molar-refractivity contribution in [1.82, 2.24) is 14.3 Å². The number of carbonyl (C=O) groups is 1. The Morgan fingerprint density at radius 3 is 2.48 bits per heavy atom. The van der Waals surface area contributed by atoms with Crippen molar-refractivity contribution in [3.63, 3.8) is 0 Å². The van der Waals surface area contributed by atoms with Crippen LogP contribution in [0.25, 0.3) is 22.2 Å². The molecule has 0 spiro atoms. The molecule has 0 saturated carbocycles. The minimum absolute atomic E-state index is 0. The van der Waals surface area contributed by atoms with Gasteiger partial charge in [-0.2, -0.15) is 0 Å². The second kappa shape index (κ2) is 7.30. The average Bonchev–Trinajstić information content (AvgIpc) is 2.92. The number of nitrogens with one attached hydrogen (secondary N) is 1. The molecule has 0 saturated heterocycles. The summed E-state index contributed by atoms with van der Waals surface area (Å²) in [5.74, 6) is -0.457. The lowest BCUT2D eigenvalue weighted by molar-refractivity contribution is 0.0988. The molecule has 0 fully saturated rings. The van der Waals surface area contributed by atoms with E-state index in [9.17, 15) is 13.2 Å². The van der Waals surface area contributed by atoms with Gasteiger partial charge in [0.1, 0.15) is 0 Å². The van der Waals surface area contributed by atoms with Gasteiger partial charge in [0, 0.05) is 12.6 Å². The molecule has 0 aliphatic rings. The standard InChI is InChI=1S/C18H20N4O3S.ClH/c1-10-8-14-16(21-18(17(19)23)22(14)4)15(11(10)2)12-6-5-7-13(9-12)26(24,25)20-3;/h5-9,20H,1-4H3,(H2,19,23);1H. The molecule has 0 bridgehead atoms.